The molecule has 3 aromatic rings. The Bertz CT molecular complexity index is 999. The van der Waals surface area contributed by atoms with Crippen LogP contribution < -0.4 is 10.2 Å². The highest BCUT2D eigenvalue weighted by Gasteiger charge is 2.08. The van der Waals surface area contributed by atoms with Crippen LogP contribution in [0.5, 0.6) is 17.2 Å². The first-order chi connectivity index (χ1) is 14.0. The van der Waals surface area contributed by atoms with Gasteiger partial charge in [0.25, 0.3) is 5.91 Å². The largest absolute Gasteiger partial charge is 0.504 e. The van der Waals surface area contributed by atoms with Crippen molar-refractivity contribution < 1.29 is 19.7 Å². The summed E-state index contributed by atoms with van der Waals surface area (Å²) in [5.74, 6) is -0.588. The summed E-state index contributed by atoms with van der Waals surface area (Å²) in [6.45, 7) is -0.204. The molecule has 3 aromatic carbocycles. The number of carbonyl (C=O) groups is 1. The summed E-state index contributed by atoms with van der Waals surface area (Å²) >= 11 is 5.77. The van der Waals surface area contributed by atoms with Crippen LogP contribution in [0.3, 0.4) is 0 Å². The number of phenols is 2. The summed E-state index contributed by atoms with van der Waals surface area (Å²) in [7, 11) is 0. The van der Waals surface area contributed by atoms with Gasteiger partial charge < -0.3 is 14.9 Å². The van der Waals surface area contributed by atoms with Crippen LogP contribution in [0, 0.1) is 0 Å². The number of hydrogen-bond acceptors (Lipinski definition) is 5. The van der Waals surface area contributed by atoms with Crippen molar-refractivity contribution >= 4 is 23.7 Å². The number of para-hydroxylation sites is 1. The van der Waals surface area contributed by atoms with Crippen molar-refractivity contribution in [2.75, 3.05) is 6.61 Å². The fraction of sp³-hybridized carbons (Fsp3) is 0.0909. The van der Waals surface area contributed by atoms with E-state index in [4.69, 9.17) is 16.3 Å². The fourth-order valence-corrected chi connectivity index (χ4v) is 2.86. The zero-order valence-electron chi connectivity index (χ0n) is 15.4. The summed E-state index contributed by atoms with van der Waals surface area (Å²) in [5.41, 5.74) is 4.88. The van der Waals surface area contributed by atoms with Crippen LogP contribution in [0.25, 0.3) is 0 Å². The van der Waals surface area contributed by atoms with Crippen LogP contribution in [0.2, 0.25) is 5.02 Å². The Labute approximate surface area is 173 Å². The molecule has 0 aliphatic heterocycles. The van der Waals surface area contributed by atoms with Gasteiger partial charge in [0, 0.05) is 6.42 Å². The number of nitrogens with one attached hydrogen (secondary N) is 1. The van der Waals surface area contributed by atoms with E-state index in [1.54, 1.807) is 0 Å². The Hall–Kier alpha value is -3.51. The highest BCUT2D eigenvalue weighted by atomic mass is 35.5. The van der Waals surface area contributed by atoms with E-state index in [1.807, 2.05) is 54.6 Å². The lowest BCUT2D eigenvalue weighted by Crippen LogP contribution is -2.24. The van der Waals surface area contributed by atoms with Gasteiger partial charge in [-0.05, 0) is 34.9 Å². The van der Waals surface area contributed by atoms with Gasteiger partial charge in [-0.1, -0.05) is 60.1 Å². The number of hydrazone groups is 1. The zero-order chi connectivity index (χ0) is 20.6. The van der Waals surface area contributed by atoms with Crippen molar-refractivity contribution in [2.45, 2.75) is 6.42 Å². The van der Waals surface area contributed by atoms with Gasteiger partial charge in [0.1, 0.15) is 5.75 Å². The Balaban J connectivity index is 1.56. The number of nitrogens with zero attached hydrogens (tertiary/aromatic N) is 1. The molecule has 6 nitrogen and oxygen atoms in total. The predicted molar refractivity (Wildman–Crippen MR) is 112 cm³/mol. The predicted octanol–water partition coefficient (Wildman–Crippen LogP) is 3.87. The highest BCUT2D eigenvalue weighted by molar-refractivity contribution is 6.32. The fourth-order valence-electron chi connectivity index (χ4n) is 2.64. The molecule has 0 unspecified atom stereocenters. The van der Waals surface area contributed by atoms with E-state index < -0.39 is 11.7 Å². The van der Waals surface area contributed by atoms with Crippen molar-refractivity contribution in [2.24, 2.45) is 5.10 Å². The van der Waals surface area contributed by atoms with E-state index in [0.29, 0.717) is 17.7 Å². The molecule has 0 spiro atoms. The maximum Gasteiger partial charge on any atom is 0.277 e. The average Bonchev–Trinajstić information content (AvgIpc) is 2.72. The van der Waals surface area contributed by atoms with E-state index in [9.17, 15) is 15.0 Å². The van der Waals surface area contributed by atoms with Crippen LogP contribution in [-0.4, -0.2) is 28.9 Å². The third kappa shape index (κ3) is 5.73. The number of phenolic OH excluding ortho intramolecular Hbond substituents is 2. The molecule has 0 fully saturated rings. The Morgan fingerprint density at radius 3 is 2.55 bits per heavy atom. The molecular weight excluding hydrogens is 392 g/mol. The van der Waals surface area contributed by atoms with Gasteiger partial charge in [-0.3, -0.25) is 4.79 Å². The maximum absolute atomic E-state index is 12.0. The quantitative estimate of drug-likeness (QED) is 0.313. The zero-order valence-corrected chi connectivity index (χ0v) is 16.1. The minimum Gasteiger partial charge on any atom is -0.504 e. The van der Waals surface area contributed by atoms with Crippen LogP contribution in [0.15, 0.2) is 71.8 Å². The molecule has 0 atom stereocenters. The third-order valence-corrected chi connectivity index (χ3v) is 4.33. The van der Waals surface area contributed by atoms with Crippen LogP contribution in [0.1, 0.15) is 16.7 Å². The Kier molecular flexibility index (Phi) is 6.71. The van der Waals surface area contributed by atoms with Gasteiger partial charge in [-0.25, -0.2) is 5.43 Å². The summed E-state index contributed by atoms with van der Waals surface area (Å²) in [5, 5.41) is 22.7. The molecule has 3 N–H and O–H groups in total. The third-order valence-electron chi connectivity index (χ3n) is 4.04. The van der Waals surface area contributed by atoms with Crippen LogP contribution in [0.4, 0.5) is 0 Å². The monoisotopic (exact) mass is 410 g/mol. The van der Waals surface area contributed by atoms with Crippen molar-refractivity contribution in [3.8, 4) is 17.2 Å². The van der Waals surface area contributed by atoms with Crippen molar-refractivity contribution in [1.29, 1.82) is 0 Å². The standard InChI is InChI=1S/C22H19ClN2O4/c23-18-11-16(12-19(26)22(18)28)13-24-25-21(27)14-29-20-9-5-4-8-17(20)10-15-6-2-1-3-7-15/h1-9,11-13,26,28H,10,14H2,(H,25,27)/b24-13+. The maximum atomic E-state index is 12.0. The van der Waals surface area contributed by atoms with E-state index in [0.717, 1.165) is 11.1 Å². The normalized spacial score (nSPS) is 10.8. The average molecular weight is 411 g/mol. The summed E-state index contributed by atoms with van der Waals surface area (Å²) in [4.78, 5) is 12.0. The smallest absolute Gasteiger partial charge is 0.277 e. The Morgan fingerprint density at radius 2 is 1.79 bits per heavy atom. The molecule has 0 radical (unpaired) electrons. The lowest BCUT2D eigenvalue weighted by Gasteiger charge is -2.11. The number of ether oxygens (including phenoxy) is 1. The molecule has 0 aliphatic rings. The second kappa shape index (κ2) is 9.61. The molecule has 7 heteroatoms. The van der Waals surface area contributed by atoms with Crippen molar-refractivity contribution in [1.82, 2.24) is 5.43 Å². The number of rotatable bonds is 7. The van der Waals surface area contributed by atoms with Gasteiger partial charge in [-0.2, -0.15) is 5.10 Å². The lowest BCUT2D eigenvalue weighted by molar-refractivity contribution is -0.123. The number of aromatic hydroxyl groups is 2. The second-order valence-corrected chi connectivity index (χ2v) is 6.63. The molecule has 0 bridgehead atoms. The number of halogens is 1. The lowest BCUT2D eigenvalue weighted by atomic mass is 10.0. The molecule has 1 amide bonds. The van der Waals surface area contributed by atoms with E-state index >= 15 is 0 Å². The molecule has 29 heavy (non-hydrogen) atoms. The number of amides is 1. The molecule has 148 valence electrons. The molecular formula is C22H19ClN2O4. The van der Waals surface area contributed by atoms with Crippen molar-refractivity contribution in [3.05, 3.63) is 88.4 Å². The number of carbonyl (C=O) groups excluding carboxylic acids is 1. The summed E-state index contributed by atoms with van der Waals surface area (Å²) in [6.07, 6.45) is 1.99. The first kappa shape index (κ1) is 20.2. The van der Waals surface area contributed by atoms with Gasteiger partial charge in [0.05, 0.1) is 11.2 Å². The SMILES string of the molecule is O=C(COc1ccccc1Cc1ccccc1)N/N=C/c1cc(O)c(O)c(Cl)c1. The van der Waals surface area contributed by atoms with Crippen LogP contribution in [-0.2, 0) is 11.2 Å². The van der Waals surface area contributed by atoms with E-state index in [1.165, 1.54) is 18.3 Å². The summed E-state index contributed by atoms with van der Waals surface area (Å²) in [6, 6.07) is 20.2. The molecule has 0 aromatic heterocycles. The number of hydrogen-bond donors (Lipinski definition) is 3. The summed E-state index contributed by atoms with van der Waals surface area (Å²) < 4.78 is 5.65. The first-order valence-corrected chi connectivity index (χ1v) is 9.18. The highest BCUT2D eigenvalue weighted by Crippen LogP contribution is 2.33. The molecule has 3 rings (SSSR count). The van der Waals surface area contributed by atoms with E-state index in [2.05, 4.69) is 10.5 Å². The minimum absolute atomic E-state index is 0.0175. The second-order valence-electron chi connectivity index (χ2n) is 6.22. The van der Waals surface area contributed by atoms with Gasteiger partial charge in [-0.15, -0.1) is 0 Å². The molecule has 0 aliphatic carbocycles. The molecule has 0 saturated heterocycles. The molecule has 0 saturated carbocycles. The topological polar surface area (TPSA) is 91.2 Å². The van der Waals surface area contributed by atoms with Gasteiger partial charge in [0.15, 0.2) is 18.1 Å². The first-order valence-electron chi connectivity index (χ1n) is 8.81. The van der Waals surface area contributed by atoms with Crippen molar-refractivity contribution in [3.63, 3.8) is 0 Å². The molecule has 0 heterocycles. The van der Waals surface area contributed by atoms with Gasteiger partial charge in [0.2, 0.25) is 0 Å². The van der Waals surface area contributed by atoms with Gasteiger partial charge >= 0.3 is 0 Å². The van der Waals surface area contributed by atoms with Crippen LogP contribution >= 0.6 is 11.6 Å². The Morgan fingerprint density at radius 1 is 1.07 bits per heavy atom. The number of benzene rings is 3. The minimum atomic E-state index is -0.440. The van der Waals surface area contributed by atoms with E-state index in [-0.39, 0.29) is 17.4 Å².